The number of hydrogen-bond acceptors (Lipinski definition) is 4. The number of carbonyl (C=O) groups excluding carboxylic acids is 1. The number of carbonyl (C=O) groups is 1. The van der Waals surface area contributed by atoms with Crippen LogP contribution in [0.15, 0.2) is 82.7 Å². The molecule has 0 N–H and O–H groups in total. The maximum atomic E-state index is 13.2. The van der Waals surface area contributed by atoms with Crippen molar-refractivity contribution in [1.82, 2.24) is 14.3 Å². The topological polar surface area (TPSA) is 54.7 Å². The average Bonchev–Trinajstić information content (AvgIpc) is 2.90. The number of rotatable bonds is 5. The second kappa shape index (κ2) is 10.0. The fraction of sp³-hybridized carbons (Fsp3) is 0.250. The summed E-state index contributed by atoms with van der Waals surface area (Å²) in [5, 5.41) is 0.727. The molecule has 2 aromatic heterocycles. The molecule has 3 heterocycles. The first-order valence-corrected chi connectivity index (χ1v) is 12.7. The van der Waals surface area contributed by atoms with Gasteiger partial charge in [-0.3, -0.25) is 14.0 Å². The van der Waals surface area contributed by atoms with Gasteiger partial charge < -0.3 is 4.90 Å². The summed E-state index contributed by atoms with van der Waals surface area (Å²) in [5.41, 5.74) is 4.10. The molecule has 0 spiro atoms. The SMILES string of the molecule is Cc1c(SCc2ccc(C(=O)N3CCC(c4ccc(F)cc4)CC3)cc2)nc2ccccn2c1=O. The highest BCUT2D eigenvalue weighted by Crippen LogP contribution is 2.29. The minimum absolute atomic E-state index is 0.0434. The second-order valence-corrected chi connectivity index (χ2v) is 9.84. The number of halogens is 1. The first-order chi connectivity index (χ1) is 17.0. The van der Waals surface area contributed by atoms with E-state index in [2.05, 4.69) is 4.98 Å². The zero-order chi connectivity index (χ0) is 24.4. The van der Waals surface area contributed by atoms with Gasteiger partial charge in [-0.1, -0.05) is 30.3 Å². The lowest BCUT2D eigenvalue weighted by Crippen LogP contribution is -2.37. The molecule has 2 aromatic carbocycles. The van der Waals surface area contributed by atoms with E-state index in [1.807, 2.05) is 59.5 Å². The first kappa shape index (κ1) is 23.3. The maximum absolute atomic E-state index is 13.2. The van der Waals surface area contributed by atoms with Crippen LogP contribution in [-0.2, 0) is 5.75 Å². The highest BCUT2D eigenvalue weighted by atomic mass is 32.2. The Bertz CT molecular complexity index is 1410. The van der Waals surface area contributed by atoms with E-state index in [1.165, 1.54) is 23.9 Å². The normalized spacial score (nSPS) is 14.4. The molecule has 1 aliphatic rings. The molecule has 178 valence electrons. The van der Waals surface area contributed by atoms with Gasteiger partial charge in [0, 0.05) is 36.2 Å². The summed E-state index contributed by atoms with van der Waals surface area (Å²) in [6.45, 7) is 3.19. The van der Waals surface area contributed by atoms with E-state index in [0.29, 0.717) is 41.5 Å². The minimum Gasteiger partial charge on any atom is -0.339 e. The molecular formula is C28H26FN3O2S. The van der Waals surface area contributed by atoms with Gasteiger partial charge in [0.1, 0.15) is 16.5 Å². The largest absolute Gasteiger partial charge is 0.339 e. The van der Waals surface area contributed by atoms with Crippen molar-refractivity contribution in [2.24, 2.45) is 0 Å². The Morgan fingerprint density at radius 1 is 1.03 bits per heavy atom. The molecule has 0 bridgehead atoms. The zero-order valence-electron chi connectivity index (χ0n) is 19.5. The van der Waals surface area contributed by atoms with Crippen LogP contribution in [0.1, 0.15) is 45.8 Å². The Labute approximate surface area is 207 Å². The van der Waals surface area contributed by atoms with Crippen molar-refractivity contribution in [1.29, 1.82) is 0 Å². The predicted octanol–water partition coefficient (Wildman–Crippen LogP) is 5.45. The average molecular weight is 488 g/mol. The monoisotopic (exact) mass is 487 g/mol. The Morgan fingerprint density at radius 3 is 2.46 bits per heavy atom. The van der Waals surface area contributed by atoms with Gasteiger partial charge in [-0.05, 0) is 73.2 Å². The quantitative estimate of drug-likeness (QED) is 0.277. The molecule has 1 fully saturated rings. The molecule has 1 amide bonds. The third-order valence-corrected chi connectivity index (χ3v) is 7.76. The van der Waals surface area contributed by atoms with Crippen LogP contribution >= 0.6 is 11.8 Å². The maximum Gasteiger partial charge on any atom is 0.261 e. The van der Waals surface area contributed by atoms with Gasteiger partial charge in [-0.25, -0.2) is 9.37 Å². The molecule has 0 atom stereocenters. The van der Waals surface area contributed by atoms with E-state index in [1.54, 1.807) is 17.5 Å². The molecule has 1 aliphatic heterocycles. The molecule has 0 unspecified atom stereocenters. The van der Waals surface area contributed by atoms with Crippen LogP contribution in [0.4, 0.5) is 4.39 Å². The minimum atomic E-state index is -0.221. The van der Waals surface area contributed by atoms with Crippen LogP contribution < -0.4 is 5.56 Å². The summed E-state index contributed by atoms with van der Waals surface area (Å²) in [4.78, 5) is 32.1. The summed E-state index contributed by atoms with van der Waals surface area (Å²) < 4.78 is 14.7. The molecule has 4 aromatic rings. The fourth-order valence-corrected chi connectivity index (χ4v) is 5.48. The van der Waals surface area contributed by atoms with Crippen molar-refractivity contribution >= 4 is 23.3 Å². The standard InChI is InChI=1S/C28H26FN3O2S/c1-19-26(30-25-4-2-3-15-32(25)27(19)33)35-18-20-5-7-23(8-6-20)28(34)31-16-13-22(14-17-31)21-9-11-24(29)12-10-21/h2-12,15,22H,13-14,16-18H2,1H3. The number of pyridine rings is 1. The second-order valence-electron chi connectivity index (χ2n) is 8.88. The van der Waals surface area contributed by atoms with Crippen molar-refractivity contribution in [3.63, 3.8) is 0 Å². The number of benzene rings is 2. The summed E-state index contributed by atoms with van der Waals surface area (Å²) >= 11 is 1.53. The summed E-state index contributed by atoms with van der Waals surface area (Å²) in [5.74, 6) is 0.843. The Balaban J connectivity index is 1.20. The van der Waals surface area contributed by atoms with Crippen LogP contribution in [0.3, 0.4) is 0 Å². The van der Waals surface area contributed by atoms with Gasteiger partial charge in [-0.2, -0.15) is 0 Å². The number of fused-ring (bicyclic) bond motifs is 1. The smallest absolute Gasteiger partial charge is 0.261 e. The van der Waals surface area contributed by atoms with Gasteiger partial charge >= 0.3 is 0 Å². The number of thioether (sulfide) groups is 1. The molecule has 5 nitrogen and oxygen atoms in total. The van der Waals surface area contributed by atoms with Gasteiger partial charge in [0.25, 0.3) is 11.5 Å². The van der Waals surface area contributed by atoms with E-state index in [0.717, 1.165) is 29.0 Å². The van der Waals surface area contributed by atoms with E-state index in [4.69, 9.17) is 0 Å². The third kappa shape index (κ3) is 5.00. The lowest BCUT2D eigenvalue weighted by atomic mass is 9.89. The van der Waals surface area contributed by atoms with Crippen molar-refractivity contribution in [2.45, 2.75) is 36.5 Å². The van der Waals surface area contributed by atoms with Gasteiger partial charge in [0.15, 0.2) is 0 Å². The van der Waals surface area contributed by atoms with Gasteiger partial charge in [0.2, 0.25) is 0 Å². The highest BCUT2D eigenvalue weighted by Gasteiger charge is 2.24. The van der Waals surface area contributed by atoms with Crippen molar-refractivity contribution in [3.05, 3.63) is 111 Å². The van der Waals surface area contributed by atoms with Gasteiger partial charge in [-0.15, -0.1) is 11.8 Å². The molecular weight excluding hydrogens is 461 g/mol. The van der Waals surface area contributed by atoms with E-state index >= 15 is 0 Å². The van der Waals surface area contributed by atoms with E-state index in [-0.39, 0.29) is 17.3 Å². The van der Waals surface area contributed by atoms with E-state index in [9.17, 15) is 14.0 Å². The summed E-state index contributed by atoms with van der Waals surface area (Å²) in [7, 11) is 0. The number of likely N-dealkylation sites (tertiary alicyclic amines) is 1. The zero-order valence-corrected chi connectivity index (χ0v) is 20.3. The molecule has 5 rings (SSSR count). The predicted molar refractivity (Wildman–Crippen MR) is 136 cm³/mol. The Hall–Kier alpha value is -3.45. The molecule has 0 aliphatic carbocycles. The number of amides is 1. The highest BCUT2D eigenvalue weighted by molar-refractivity contribution is 7.98. The first-order valence-electron chi connectivity index (χ1n) is 11.7. The lowest BCUT2D eigenvalue weighted by molar-refractivity contribution is 0.0713. The van der Waals surface area contributed by atoms with Crippen LogP contribution in [0.25, 0.3) is 5.65 Å². The summed E-state index contributed by atoms with van der Waals surface area (Å²) in [6, 6.07) is 19.9. The van der Waals surface area contributed by atoms with Crippen LogP contribution in [0.2, 0.25) is 0 Å². The van der Waals surface area contributed by atoms with E-state index < -0.39 is 0 Å². The molecule has 0 saturated carbocycles. The Morgan fingerprint density at radius 2 is 1.74 bits per heavy atom. The summed E-state index contributed by atoms with van der Waals surface area (Å²) in [6.07, 6.45) is 3.49. The third-order valence-electron chi connectivity index (χ3n) is 6.61. The van der Waals surface area contributed by atoms with Crippen molar-refractivity contribution in [3.8, 4) is 0 Å². The number of nitrogens with zero attached hydrogens (tertiary/aromatic N) is 3. The van der Waals surface area contributed by atoms with Crippen molar-refractivity contribution in [2.75, 3.05) is 13.1 Å². The van der Waals surface area contributed by atoms with Crippen LogP contribution in [-0.4, -0.2) is 33.3 Å². The number of hydrogen-bond donors (Lipinski definition) is 0. The van der Waals surface area contributed by atoms with Gasteiger partial charge in [0.05, 0.1) is 0 Å². The van der Waals surface area contributed by atoms with Crippen LogP contribution in [0, 0.1) is 12.7 Å². The molecule has 0 radical (unpaired) electrons. The fourth-order valence-electron chi connectivity index (χ4n) is 4.53. The number of aromatic nitrogens is 2. The van der Waals surface area contributed by atoms with Crippen molar-refractivity contribution < 1.29 is 9.18 Å². The molecule has 35 heavy (non-hydrogen) atoms. The molecule has 1 saturated heterocycles. The Kier molecular flexibility index (Phi) is 6.68. The lowest BCUT2D eigenvalue weighted by Gasteiger charge is -2.32. The molecule has 7 heteroatoms. The van der Waals surface area contributed by atoms with Crippen LogP contribution in [0.5, 0.6) is 0 Å². The number of piperidine rings is 1.